The molecular weight excluding hydrogens is 339 g/mol. The SMILES string of the molecule is CCN1CCc2nc3c(Br)cc(F)cc3c(C(=O)O)c2C1. The summed E-state index contributed by atoms with van der Waals surface area (Å²) in [6.07, 6.45) is 0.712. The maximum Gasteiger partial charge on any atom is 0.336 e. The zero-order valence-electron chi connectivity index (χ0n) is 11.5. The Kier molecular flexibility index (Phi) is 3.67. The first-order chi connectivity index (χ1) is 10.0. The third-order valence-corrected chi connectivity index (χ3v) is 4.51. The monoisotopic (exact) mass is 352 g/mol. The van der Waals surface area contributed by atoms with Gasteiger partial charge in [-0.3, -0.25) is 9.88 Å². The highest BCUT2D eigenvalue weighted by atomic mass is 79.9. The highest BCUT2D eigenvalue weighted by Crippen LogP contribution is 2.32. The second-order valence-electron chi connectivity index (χ2n) is 5.12. The number of nitrogens with zero attached hydrogens (tertiary/aromatic N) is 2. The number of aromatic nitrogens is 1. The van der Waals surface area contributed by atoms with Gasteiger partial charge in [-0.05, 0) is 34.6 Å². The van der Waals surface area contributed by atoms with Crippen molar-refractivity contribution in [1.82, 2.24) is 9.88 Å². The number of rotatable bonds is 2. The van der Waals surface area contributed by atoms with E-state index in [-0.39, 0.29) is 5.56 Å². The molecule has 2 heterocycles. The lowest BCUT2D eigenvalue weighted by Crippen LogP contribution is -2.32. The van der Waals surface area contributed by atoms with Crippen molar-refractivity contribution in [2.75, 3.05) is 13.1 Å². The minimum absolute atomic E-state index is 0.174. The first-order valence-corrected chi connectivity index (χ1v) is 7.56. The van der Waals surface area contributed by atoms with Crippen LogP contribution in [0.5, 0.6) is 0 Å². The first kappa shape index (κ1) is 14.4. The lowest BCUT2D eigenvalue weighted by molar-refractivity contribution is 0.0695. The second kappa shape index (κ2) is 5.35. The number of hydrogen-bond acceptors (Lipinski definition) is 3. The minimum Gasteiger partial charge on any atom is -0.478 e. The predicted octanol–water partition coefficient (Wildman–Crippen LogP) is 3.21. The van der Waals surface area contributed by atoms with Crippen molar-refractivity contribution in [2.24, 2.45) is 0 Å². The van der Waals surface area contributed by atoms with E-state index in [1.165, 1.54) is 12.1 Å². The largest absolute Gasteiger partial charge is 0.478 e. The van der Waals surface area contributed by atoms with Gasteiger partial charge < -0.3 is 5.11 Å². The van der Waals surface area contributed by atoms with Gasteiger partial charge in [-0.1, -0.05) is 6.92 Å². The Bertz CT molecular complexity index is 748. The molecular formula is C15H14BrFN2O2. The molecule has 0 amide bonds. The molecule has 0 aliphatic carbocycles. The molecule has 1 aromatic heterocycles. The molecule has 0 fully saturated rings. The van der Waals surface area contributed by atoms with Gasteiger partial charge >= 0.3 is 5.97 Å². The van der Waals surface area contributed by atoms with E-state index in [0.717, 1.165) is 18.8 Å². The van der Waals surface area contributed by atoms with Gasteiger partial charge in [0.05, 0.1) is 11.1 Å². The van der Waals surface area contributed by atoms with E-state index in [1.54, 1.807) is 0 Å². The van der Waals surface area contributed by atoms with Gasteiger partial charge in [-0.15, -0.1) is 0 Å². The average Bonchev–Trinajstić information content (AvgIpc) is 2.44. The standard InChI is InChI=1S/C15H14BrFN2O2/c1-2-19-4-3-12-10(7-19)13(15(20)21)9-5-8(17)6-11(16)14(9)18-12/h5-6H,2-4,7H2,1H3,(H,20,21). The summed E-state index contributed by atoms with van der Waals surface area (Å²) in [4.78, 5) is 18.4. The smallest absolute Gasteiger partial charge is 0.336 e. The van der Waals surface area contributed by atoms with Crippen LogP contribution in [-0.2, 0) is 13.0 Å². The third kappa shape index (κ3) is 2.42. The third-order valence-electron chi connectivity index (χ3n) is 3.90. The Morgan fingerprint density at radius 2 is 2.29 bits per heavy atom. The Hall–Kier alpha value is -1.53. The summed E-state index contributed by atoms with van der Waals surface area (Å²) in [6, 6.07) is 2.57. The zero-order chi connectivity index (χ0) is 15.1. The van der Waals surface area contributed by atoms with E-state index < -0.39 is 11.8 Å². The molecule has 0 bridgehead atoms. The molecule has 4 nitrogen and oxygen atoms in total. The Balaban J connectivity index is 2.35. The van der Waals surface area contributed by atoms with Gasteiger partial charge in [0.15, 0.2) is 0 Å². The fourth-order valence-corrected chi connectivity index (χ4v) is 3.36. The molecule has 1 N–H and O–H groups in total. The molecule has 0 spiro atoms. The van der Waals surface area contributed by atoms with Crippen LogP contribution >= 0.6 is 15.9 Å². The molecule has 1 aliphatic rings. The summed E-state index contributed by atoms with van der Waals surface area (Å²) in [5.41, 5.74) is 2.20. The predicted molar refractivity (Wildman–Crippen MR) is 81.0 cm³/mol. The van der Waals surface area contributed by atoms with E-state index in [9.17, 15) is 14.3 Å². The van der Waals surface area contributed by atoms with Crippen molar-refractivity contribution < 1.29 is 14.3 Å². The van der Waals surface area contributed by atoms with Crippen molar-refractivity contribution in [1.29, 1.82) is 0 Å². The van der Waals surface area contributed by atoms with Gasteiger partial charge in [-0.2, -0.15) is 0 Å². The normalized spacial score (nSPS) is 15.2. The molecule has 6 heteroatoms. The van der Waals surface area contributed by atoms with Crippen LogP contribution < -0.4 is 0 Å². The van der Waals surface area contributed by atoms with E-state index in [4.69, 9.17) is 0 Å². The van der Waals surface area contributed by atoms with Crippen molar-refractivity contribution in [3.63, 3.8) is 0 Å². The maximum atomic E-state index is 13.7. The van der Waals surface area contributed by atoms with E-state index in [1.807, 2.05) is 6.92 Å². The number of benzene rings is 1. The van der Waals surface area contributed by atoms with Gasteiger partial charge in [0, 0.05) is 40.6 Å². The minimum atomic E-state index is -1.03. The van der Waals surface area contributed by atoms with Crippen molar-refractivity contribution >= 4 is 32.8 Å². The van der Waals surface area contributed by atoms with Crippen LogP contribution in [0.1, 0.15) is 28.5 Å². The number of pyridine rings is 1. The summed E-state index contributed by atoms with van der Waals surface area (Å²) in [6.45, 7) is 4.30. The number of halogens is 2. The van der Waals surface area contributed by atoms with E-state index in [0.29, 0.717) is 33.9 Å². The van der Waals surface area contributed by atoms with Crippen LogP contribution in [0.15, 0.2) is 16.6 Å². The number of aromatic carboxylic acids is 1. The van der Waals surface area contributed by atoms with Crippen LogP contribution in [0.2, 0.25) is 0 Å². The van der Waals surface area contributed by atoms with Crippen LogP contribution in [-0.4, -0.2) is 34.0 Å². The fourth-order valence-electron chi connectivity index (χ4n) is 2.84. The number of hydrogen-bond donors (Lipinski definition) is 1. The Morgan fingerprint density at radius 1 is 1.52 bits per heavy atom. The summed E-state index contributed by atoms with van der Waals surface area (Å²) < 4.78 is 14.1. The van der Waals surface area contributed by atoms with Crippen LogP contribution in [0.3, 0.4) is 0 Å². The number of likely N-dealkylation sites (N-methyl/N-ethyl adjacent to an activating group) is 1. The quantitative estimate of drug-likeness (QED) is 0.901. The Morgan fingerprint density at radius 3 is 2.95 bits per heavy atom. The number of carbonyl (C=O) groups is 1. The molecule has 2 aromatic rings. The summed E-state index contributed by atoms with van der Waals surface area (Å²) >= 11 is 3.28. The lowest BCUT2D eigenvalue weighted by atomic mass is 9.96. The molecule has 3 rings (SSSR count). The maximum absolute atomic E-state index is 13.7. The summed E-state index contributed by atoms with van der Waals surface area (Å²) in [5, 5.41) is 9.95. The highest BCUT2D eigenvalue weighted by Gasteiger charge is 2.26. The van der Waals surface area contributed by atoms with Crippen LogP contribution in [0.25, 0.3) is 10.9 Å². The highest BCUT2D eigenvalue weighted by molar-refractivity contribution is 9.10. The summed E-state index contributed by atoms with van der Waals surface area (Å²) in [7, 11) is 0. The first-order valence-electron chi connectivity index (χ1n) is 6.77. The average molecular weight is 353 g/mol. The number of carboxylic acid groups (broad SMARTS) is 1. The molecule has 21 heavy (non-hydrogen) atoms. The fraction of sp³-hybridized carbons (Fsp3) is 0.333. The molecule has 0 unspecified atom stereocenters. The molecule has 0 atom stereocenters. The van der Waals surface area contributed by atoms with Crippen molar-refractivity contribution in [2.45, 2.75) is 19.9 Å². The number of carboxylic acids is 1. The molecule has 0 saturated heterocycles. The Labute approximate surface area is 129 Å². The molecule has 1 aliphatic heterocycles. The van der Waals surface area contributed by atoms with Crippen LogP contribution in [0.4, 0.5) is 4.39 Å². The molecule has 0 saturated carbocycles. The van der Waals surface area contributed by atoms with Crippen molar-refractivity contribution in [3.05, 3.63) is 39.2 Å². The molecule has 0 radical (unpaired) electrons. The summed E-state index contributed by atoms with van der Waals surface area (Å²) in [5.74, 6) is -1.50. The topological polar surface area (TPSA) is 53.4 Å². The van der Waals surface area contributed by atoms with Gasteiger partial charge in [0.1, 0.15) is 5.82 Å². The number of fused-ring (bicyclic) bond motifs is 2. The van der Waals surface area contributed by atoms with E-state index >= 15 is 0 Å². The van der Waals surface area contributed by atoms with Gasteiger partial charge in [-0.25, -0.2) is 9.18 Å². The van der Waals surface area contributed by atoms with Gasteiger partial charge in [0.2, 0.25) is 0 Å². The van der Waals surface area contributed by atoms with Crippen molar-refractivity contribution in [3.8, 4) is 0 Å². The van der Waals surface area contributed by atoms with E-state index in [2.05, 4.69) is 25.8 Å². The zero-order valence-corrected chi connectivity index (χ0v) is 13.1. The second-order valence-corrected chi connectivity index (χ2v) is 5.97. The van der Waals surface area contributed by atoms with Crippen LogP contribution in [0, 0.1) is 5.82 Å². The molecule has 110 valence electrons. The van der Waals surface area contributed by atoms with Gasteiger partial charge in [0.25, 0.3) is 0 Å². The lowest BCUT2D eigenvalue weighted by Gasteiger charge is -2.28. The molecule has 1 aromatic carbocycles.